The maximum Gasteiger partial charge on any atom is 0.204 e. The summed E-state index contributed by atoms with van der Waals surface area (Å²) in [7, 11) is 1.73. The van der Waals surface area contributed by atoms with Crippen molar-refractivity contribution < 1.29 is 4.74 Å². The molecular weight excluding hydrogens is 396 g/mol. The van der Waals surface area contributed by atoms with Crippen molar-refractivity contribution in [3.05, 3.63) is 90.0 Å². The van der Waals surface area contributed by atoms with Crippen molar-refractivity contribution in [1.29, 1.82) is 0 Å². The second-order valence-electron chi connectivity index (χ2n) is 8.53. The first kappa shape index (κ1) is 20.6. The number of nitrogens with one attached hydrogen (secondary N) is 2. The zero-order valence-corrected chi connectivity index (χ0v) is 18.5. The van der Waals surface area contributed by atoms with Gasteiger partial charge in [0.15, 0.2) is 0 Å². The second-order valence-corrected chi connectivity index (χ2v) is 8.53. The van der Waals surface area contributed by atoms with E-state index in [2.05, 4.69) is 75.9 Å². The molecule has 5 rings (SSSR count). The van der Waals surface area contributed by atoms with Gasteiger partial charge in [-0.2, -0.15) is 0 Å². The van der Waals surface area contributed by atoms with Crippen molar-refractivity contribution in [3.63, 3.8) is 0 Å². The molecule has 1 aromatic heterocycles. The molecule has 0 bridgehead atoms. The van der Waals surface area contributed by atoms with Crippen molar-refractivity contribution in [2.75, 3.05) is 19.0 Å². The number of nitrogens with zero attached hydrogens (tertiary/aromatic N) is 2. The van der Waals surface area contributed by atoms with Crippen molar-refractivity contribution >= 4 is 17.0 Å². The molecule has 2 heterocycles. The van der Waals surface area contributed by atoms with Gasteiger partial charge >= 0.3 is 0 Å². The summed E-state index contributed by atoms with van der Waals surface area (Å²) in [4.78, 5) is 4.96. The van der Waals surface area contributed by atoms with Gasteiger partial charge in [-0.3, -0.25) is 0 Å². The van der Waals surface area contributed by atoms with Crippen molar-refractivity contribution in [2.24, 2.45) is 0 Å². The molecule has 0 radical (unpaired) electrons. The highest BCUT2D eigenvalue weighted by molar-refractivity contribution is 5.78. The molecule has 5 heteroatoms. The number of hydrogen-bond acceptors (Lipinski definition) is 4. The number of para-hydroxylation sites is 3. The van der Waals surface area contributed by atoms with Crippen LogP contribution >= 0.6 is 0 Å². The van der Waals surface area contributed by atoms with Crippen LogP contribution in [0.25, 0.3) is 11.0 Å². The number of rotatable bonds is 7. The lowest BCUT2D eigenvalue weighted by Gasteiger charge is -2.31. The molecule has 1 aliphatic rings. The number of fused-ring (bicyclic) bond motifs is 1. The number of hydrogen-bond donors (Lipinski definition) is 2. The van der Waals surface area contributed by atoms with E-state index in [1.165, 1.54) is 5.56 Å². The molecule has 2 atom stereocenters. The quantitative estimate of drug-likeness (QED) is 0.443. The predicted octanol–water partition coefficient (Wildman–Crippen LogP) is 4.87. The van der Waals surface area contributed by atoms with Gasteiger partial charge in [-0.05, 0) is 49.6 Å². The Balaban J connectivity index is 1.38. The fraction of sp³-hybridized carbons (Fsp3) is 0.296. The predicted molar refractivity (Wildman–Crippen MR) is 130 cm³/mol. The lowest BCUT2D eigenvalue weighted by molar-refractivity contribution is 0.372. The average Bonchev–Trinajstić information content (AvgIpc) is 3.17. The van der Waals surface area contributed by atoms with Crippen LogP contribution in [0, 0.1) is 0 Å². The van der Waals surface area contributed by atoms with Crippen molar-refractivity contribution in [3.8, 4) is 5.75 Å². The molecule has 1 aliphatic heterocycles. The fourth-order valence-electron chi connectivity index (χ4n) is 4.72. The molecule has 0 unspecified atom stereocenters. The summed E-state index contributed by atoms with van der Waals surface area (Å²) < 4.78 is 7.88. The van der Waals surface area contributed by atoms with Crippen LogP contribution in [0.15, 0.2) is 78.9 Å². The lowest BCUT2D eigenvalue weighted by Crippen LogP contribution is -2.44. The maximum atomic E-state index is 5.60. The molecule has 4 aromatic rings. The van der Waals surface area contributed by atoms with E-state index in [-0.39, 0.29) is 0 Å². The molecule has 1 saturated heterocycles. The highest BCUT2D eigenvalue weighted by Crippen LogP contribution is 2.27. The van der Waals surface area contributed by atoms with E-state index in [0.29, 0.717) is 18.6 Å². The molecule has 0 saturated carbocycles. The van der Waals surface area contributed by atoms with Crippen LogP contribution in [-0.2, 0) is 13.0 Å². The molecule has 0 spiro atoms. The Kier molecular flexibility index (Phi) is 6.08. The van der Waals surface area contributed by atoms with Crippen molar-refractivity contribution in [1.82, 2.24) is 14.9 Å². The largest absolute Gasteiger partial charge is 0.496 e. The van der Waals surface area contributed by atoms with Gasteiger partial charge in [-0.15, -0.1) is 0 Å². The van der Waals surface area contributed by atoms with E-state index in [1.807, 2.05) is 18.2 Å². The molecule has 0 amide bonds. The number of aromatic nitrogens is 2. The van der Waals surface area contributed by atoms with Crippen LogP contribution in [0.1, 0.15) is 24.0 Å². The second kappa shape index (κ2) is 9.45. The van der Waals surface area contributed by atoms with Gasteiger partial charge < -0.3 is 19.9 Å². The summed E-state index contributed by atoms with van der Waals surface area (Å²) in [6, 6.07) is 28.2. The Morgan fingerprint density at radius 1 is 1.00 bits per heavy atom. The number of benzene rings is 3. The Labute approximate surface area is 189 Å². The first-order chi connectivity index (χ1) is 15.8. The lowest BCUT2D eigenvalue weighted by atomic mass is 9.94. The maximum absolute atomic E-state index is 5.60. The van der Waals surface area contributed by atoms with Crippen LogP contribution in [0.3, 0.4) is 0 Å². The van der Waals surface area contributed by atoms with E-state index in [1.54, 1.807) is 7.11 Å². The SMILES string of the molecule is COc1ccccc1Cn1c(N[C@H]2CCN[C@H](Cc3ccccc3)C2)nc2ccccc21. The minimum absolute atomic E-state index is 0.387. The van der Waals surface area contributed by atoms with Gasteiger partial charge in [0.25, 0.3) is 0 Å². The Hall–Kier alpha value is -3.31. The van der Waals surface area contributed by atoms with E-state index in [4.69, 9.17) is 9.72 Å². The van der Waals surface area contributed by atoms with Crippen LogP contribution in [0.2, 0.25) is 0 Å². The zero-order valence-electron chi connectivity index (χ0n) is 18.5. The van der Waals surface area contributed by atoms with Crippen LogP contribution in [0.4, 0.5) is 5.95 Å². The Morgan fingerprint density at radius 3 is 2.66 bits per heavy atom. The van der Waals surface area contributed by atoms with E-state index in [9.17, 15) is 0 Å². The van der Waals surface area contributed by atoms with E-state index in [0.717, 1.165) is 54.1 Å². The molecule has 5 nitrogen and oxygen atoms in total. The summed E-state index contributed by atoms with van der Waals surface area (Å²) in [6.45, 7) is 1.73. The number of anilines is 1. The molecular formula is C27H30N4O. The third kappa shape index (κ3) is 4.48. The third-order valence-electron chi connectivity index (χ3n) is 6.33. The highest BCUT2D eigenvalue weighted by Gasteiger charge is 2.23. The summed E-state index contributed by atoms with van der Waals surface area (Å²) in [5, 5.41) is 7.48. The summed E-state index contributed by atoms with van der Waals surface area (Å²) in [5.41, 5.74) is 4.68. The summed E-state index contributed by atoms with van der Waals surface area (Å²) in [5.74, 6) is 1.84. The van der Waals surface area contributed by atoms with Gasteiger partial charge in [0.2, 0.25) is 5.95 Å². The Morgan fingerprint density at radius 2 is 1.78 bits per heavy atom. The average molecular weight is 427 g/mol. The molecule has 3 aromatic carbocycles. The van der Waals surface area contributed by atoms with E-state index >= 15 is 0 Å². The molecule has 164 valence electrons. The van der Waals surface area contributed by atoms with Gasteiger partial charge in [0.05, 0.1) is 24.7 Å². The first-order valence-corrected chi connectivity index (χ1v) is 11.4. The minimum atomic E-state index is 0.387. The minimum Gasteiger partial charge on any atom is -0.496 e. The molecule has 1 fully saturated rings. The van der Waals surface area contributed by atoms with Crippen LogP contribution in [-0.4, -0.2) is 35.3 Å². The van der Waals surface area contributed by atoms with Gasteiger partial charge in [0.1, 0.15) is 5.75 Å². The number of ether oxygens (including phenoxy) is 1. The number of imidazole rings is 1. The molecule has 0 aliphatic carbocycles. The van der Waals surface area contributed by atoms with Crippen molar-refractivity contribution in [2.45, 2.75) is 37.9 Å². The summed E-state index contributed by atoms with van der Waals surface area (Å²) >= 11 is 0. The molecule has 2 N–H and O–H groups in total. The Bertz CT molecular complexity index is 1170. The monoisotopic (exact) mass is 426 g/mol. The van der Waals surface area contributed by atoms with Gasteiger partial charge in [-0.25, -0.2) is 4.98 Å². The fourth-order valence-corrected chi connectivity index (χ4v) is 4.72. The van der Waals surface area contributed by atoms with Gasteiger partial charge in [-0.1, -0.05) is 60.7 Å². The molecule has 32 heavy (non-hydrogen) atoms. The van der Waals surface area contributed by atoms with Gasteiger partial charge in [0, 0.05) is 17.6 Å². The zero-order chi connectivity index (χ0) is 21.8. The number of piperidine rings is 1. The highest BCUT2D eigenvalue weighted by atomic mass is 16.5. The van der Waals surface area contributed by atoms with Crippen LogP contribution in [0.5, 0.6) is 5.75 Å². The first-order valence-electron chi connectivity index (χ1n) is 11.4. The standard InChI is InChI=1S/C27H30N4O/c1-32-26-14-8-5-11-21(26)19-31-25-13-7-6-12-24(25)30-27(31)29-22-15-16-28-23(18-22)17-20-9-3-2-4-10-20/h2-14,22-23,28H,15-19H2,1H3,(H,29,30)/t22-,23+/m0/s1. The third-order valence-corrected chi connectivity index (χ3v) is 6.33. The topological polar surface area (TPSA) is 51.1 Å². The smallest absolute Gasteiger partial charge is 0.204 e. The van der Waals surface area contributed by atoms with Crippen LogP contribution < -0.4 is 15.4 Å². The summed E-state index contributed by atoms with van der Waals surface area (Å²) in [6.07, 6.45) is 3.21. The normalized spacial score (nSPS) is 18.5. The van der Waals surface area contributed by atoms with E-state index < -0.39 is 0 Å². The number of methoxy groups -OCH3 is 1.